The molecule has 0 aromatic heterocycles. The molecule has 1 unspecified atom stereocenters. The van der Waals surface area contributed by atoms with Gasteiger partial charge in [-0.05, 0) is 30.5 Å². The maximum absolute atomic E-state index is 9.65. The van der Waals surface area contributed by atoms with Crippen LogP contribution in [0.5, 0.6) is 17.2 Å². The second kappa shape index (κ2) is 10.7. The van der Waals surface area contributed by atoms with E-state index in [1.54, 1.807) is 21.3 Å². The van der Waals surface area contributed by atoms with E-state index in [0.717, 1.165) is 50.5 Å². The van der Waals surface area contributed by atoms with Crippen molar-refractivity contribution >= 4 is 0 Å². The fourth-order valence-electron chi connectivity index (χ4n) is 4.27. The molecule has 30 heavy (non-hydrogen) atoms. The van der Waals surface area contributed by atoms with Crippen LogP contribution < -0.4 is 14.2 Å². The predicted molar refractivity (Wildman–Crippen MR) is 118 cm³/mol. The number of piperazine rings is 1. The number of nitrogens with zero attached hydrogens (tertiary/aromatic N) is 2. The van der Waals surface area contributed by atoms with Gasteiger partial charge in [-0.1, -0.05) is 30.3 Å². The SMILES string of the molecule is COc1ccc(CN2CCN(Cc3ccccc3C)C(CCO)C2)c(OC)c1OC. The molecule has 1 heterocycles. The van der Waals surface area contributed by atoms with Crippen LogP contribution in [0.25, 0.3) is 0 Å². The van der Waals surface area contributed by atoms with Crippen LogP contribution in [-0.2, 0) is 13.1 Å². The molecule has 1 aliphatic rings. The van der Waals surface area contributed by atoms with Crippen molar-refractivity contribution in [3.05, 3.63) is 53.1 Å². The van der Waals surface area contributed by atoms with E-state index in [1.165, 1.54) is 11.1 Å². The summed E-state index contributed by atoms with van der Waals surface area (Å²) < 4.78 is 16.6. The Labute approximate surface area is 180 Å². The highest BCUT2D eigenvalue weighted by Crippen LogP contribution is 2.40. The second-order valence-electron chi connectivity index (χ2n) is 7.79. The van der Waals surface area contributed by atoms with Crippen molar-refractivity contribution in [2.75, 3.05) is 47.6 Å². The summed E-state index contributed by atoms with van der Waals surface area (Å²) in [4.78, 5) is 4.93. The van der Waals surface area contributed by atoms with E-state index >= 15 is 0 Å². The number of aliphatic hydroxyl groups is 1. The van der Waals surface area contributed by atoms with Crippen LogP contribution in [0.1, 0.15) is 23.1 Å². The number of hydrogen-bond donors (Lipinski definition) is 1. The molecule has 0 radical (unpaired) electrons. The maximum Gasteiger partial charge on any atom is 0.203 e. The molecular formula is C24H34N2O4. The van der Waals surface area contributed by atoms with E-state index in [9.17, 15) is 5.11 Å². The van der Waals surface area contributed by atoms with Crippen molar-refractivity contribution in [1.82, 2.24) is 9.80 Å². The first-order valence-corrected chi connectivity index (χ1v) is 10.5. The molecule has 2 aromatic rings. The Balaban J connectivity index is 1.73. The Hall–Kier alpha value is -2.28. The minimum absolute atomic E-state index is 0.197. The summed E-state index contributed by atoms with van der Waals surface area (Å²) in [5.41, 5.74) is 3.75. The molecule has 0 aliphatic carbocycles. The van der Waals surface area contributed by atoms with Crippen molar-refractivity contribution in [2.45, 2.75) is 32.5 Å². The van der Waals surface area contributed by atoms with Crippen LogP contribution in [0.4, 0.5) is 0 Å². The zero-order chi connectivity index (χ0) is 21.5. The summed E-state index contributed by atoms with van der Waals surface area (Å²) in [6.45, 7) is 6.89. The molecule has 0 spiro atoms. The van der Waals surface area contributed by atoms with Gasteiger partial charge in [0.1, 0.15) is 0 Å². The third kappa shape index (κ3) is 5.06. The van der Waals surface area contributed by atoms with Gasteiger partial charge in [-0.2, -0.15) is 0 Å². The highest BCUT2D eigenvalue weighted by atomic mass is 16.5. The Morgan fingerprint density at radius 2 is 1.67 bits per heavy atom. The van der Waals surface area contributed by atoms with E-state index < -0.39 is 0 Å². The minimum atomic E-state index is 0.197. The van der Waals surface area contributed by atoms with Crippen molar-refractivity contribution in [3.8, 4) is 17.2 Å². The van der Waals surface area contributed by atoms with Crippen molar-refractivity contribution < 1.29 is 19.3 Å². The summed E-state index contributed by atoms with van der Waals surface area (Å²) in [5, 5.41) is 9.65. The quantitative estimate of drug-likeness (QED) is 0.681. The summed E-state index contributed by atoms with van der Waals surface area (Å²) in [5.74, 6) is 2.01. The maximum atomic E-state index is 9.65. The van der Waals surface area contributed by atoms with E-state index in [0.29, 0.717) is 17.5 Å². The van der Waals surface area contributed by atoms with E-state index in [2.05, 4.69) is 41.0 Å². The van der Waals surface area contributed by atoms with Crippen LogP contribution in [-0.4, -0.2) is 68.5 Å². The molecule has 0 saturated carbocycles. The van der Waals surface area contributed by atoms with E-state index in [1.807, 2.05) is 12.1 Å². The fourth-order valence-corrected chi connectivity index (χ4v) is 4.27. The van der Waals surface area contributed by atoms with Gasteiger partial charge in [-0.25, -0.2) is 0 Å². The van der Waals surface area contributed by atoms with Gasteiger partial charge in [-0.3, -0.25) is 9.80 Å². The third-order valence-electron chi connectivity index (χ3n) is 5.97. The average Bonchev–Trinajstić information content (AvgIpc) is 2.76. The molecule has 1 fully saturated rings. The molecule has 6 nitrogen and oxygen atoms in total. The number of ether oxygens (including phenoxy) is 3. The summed E-state index contributed by atoms with van der Waals surface area (Å²) in [6.07, 6.45) is 0.769. The van der Waals surface area contributed by atoms with Gasteiger partial charge >= 0.3 is 0 Å². The molecule has 2 aromatic carbocycles. The molecule has 3 rings (SSSR count). The van der Waals surface area contributed by atoms with Gasteiger partial charge in [0.15, 0.2) is 11.5 Å². The molecule has 1 atom stereocenters. The number of hydrogen-bond acceptors (Lipinski definition) is 6. The normalized spacial score (nSPS) is 17.7. The van der Waals surface area contributed by atoms with Gasteiger partial charge in [0.25, 0.3) is 0 Å². The highest BCUT2D eigenvalue weighted by Gasteiger charge is 2.28. The van der Waals surface area contributed by atoms with Crippen LogP contribution in [0.3, 0.4) is 0 Å². The van der Waals surface area contributed by atoms with Crippen molar-refractivity contribution in [1.29, 1.82) is 0 Å². The highest BCUT2D eigenvalue weighted by molar-refractivity contribution is 5.55. The van der Waals surface area contributed by atoms with Gasteiger partial charge in [0.05, 0.1) is 21.3 Å². The molecule has 1 aliphatic heterocycles. The zero-order valence-corrected chi connectivity index (χ0v) is 18.6. The number of rotatable bonds is 9. The Morgan fingerprint density at radius 3 is 2.33 bits per heavy atom. The minimum Gasteiger partial charge on any atom is -0.493 e. The van der Waals surface area contributed by atoms with Crippen LogP contribution in [0, 0.1) is 6.92 Å². The number of benzene rings is 2. The first kappa shape index (κ1) is 22.4. The van der Waals surface area contributed by atoms with Gasteiger partial charge in [0.2, 0.25) is 5.75 Å². The van der Waals surface area contributed by atoms with E-state index in [4.69, 9.17) is 14.2 Å². The predicted octanol–water partition coefficient (Wildman–Crippen LogP) is 3.09. The monoisotopic (exact) mass is 414 g/mol. The Bertz CT molecular complexity index is 827. The molecule has 6 heteroatoms. The summed E-state index contributed by atoms with van der Waals surface area (Å²) >= 11 is 0. The van der Waals surface area contributed by atoms with Gasteiger partial charge in [-0.15, -0.1) is 0 Å². The lowest BCUT2D eigenvalue weighted by Gasteiger charge is -2.42. The standard InChI is InChI=1S/C24H34N2O4/c1-18-7-5-6-8-19(18)16-26-13-12-25(17-21(26)11-14-27)15-20-9-10-22(28-2)24(30-4)23(20)29-3/h5-10,21,27H,11-17H2,1-4H3. The fraction of sp³-hybridized carbons (Fsp3) is 0.500. The zero-order valence-electron chi connectivity index (χ0n) is 18.6. The largest absolute Gasteiger partial charge is 0.493 e. The Kier molecular flexibility index (Phi) is 7.96. The summed E-state index contributed by atoms with van der Waals surface area (Å²) in [7, 11) is 4.92. The Morgan fingerprint density at radius 1 is 0.900 bits per heavy atom. The van der Waals surface area contributed by atoms with Gasteiger partial charge < -0.3 is 19.3 Å². The molecule has 164 valence electrons. The van der Waals surface area contributed by atoms with E-state index in [-0.39, 0.29) is 6.61 Å². The van der Waals surface area contributed by atoms with Crippen molar-refractivity contribution in [3.63, 3.8) is 0 Å². The lowest BCUT2D eigenvalue weighted by molar-refractivity contribution is 0.0494. The number of methoxy groups -OCH3 is 3. The van der Waals surface area contributed by atoms with Crippen LogP contribution >= 0.6 is 0 Å². The third-order valence-corrected chi connectivity index (χ3v) is 5.97. The molecule has 1 N–H and O–H groups in total. The molecule has 0 amide bonds. The number of aliphatic hydroxyl groups excluding tert-OH is 1. The molecule has 0 bridgehead atoms. The topological polar surface area (TPSA) is 54.4 Å². The smallest absolute Gasteiger partial charge is 0.203 e. The van der Waals surface area contributed by atoms with Crippen LogP contribution in [0.2, 0.25) is 0 Å². The average molecular weight is 415 g/mol. The second-order valence-corrected chi connectivity index (χ2v) is 7.79. The van der Waals surface area contributed by atoms with Gasteiger partial charge in [0, 0.05) is 50.9 Å². The first-order valence-electron chi connectivity index (χ1n) is 10.5. The van der Waals surface area contributed by atoms with Crippen molar-refractivity contribution in [2.24, 2.45) is 0 Å². The lowest BCUT2D eigenvalue weighted by atomic mass is 10.0. The summed E-state index contributed by atoms with van der Waals surface area (Å²) in [6, 6.07) is 12.8. The molecular weight excluding hydrogens is 380 g/mol. The first-order chi connectivity index (χ1) is 14.6. The number of aryl methyl sites for hydroxylation is 1. The molecule has 1 saturated heterocycles. The lowest BCUT2D eigenvalue weighted by Crippen LogP contribution is -2.52. The van der Waals surface area contributed by atoms with Crippen LogP contribution in [0.15, 0.2) is 36.4 Å².